The lowest BCUT2D eigenvalue weighted by Gasteiger charge is -2.40. The molecule has 3 amide bonds. The number of urea groups is 1. The highest BCUT2D eigenvalue weighted by Crippen LogP contribution is 2.41. The molecule has 5 rings (SSSR count). The number of ether oxygens (including phenoxy) is 1. The summed E-state index contributed by atoms with van der Waals surface area (Å²) in [5, 5.41) is 3.10. The van der Waals surface area contributed by atoms with Gasteiger partial charge in [0.1, 0.15) is 0 Å². The molecule has 0 spiro atoms. The Hall–Kier alpha value is -2.29. The SMILES string of the molecule is Cc1ccc(CN2CCC(C3(c4ccccn4)NC(=O)N(CC4CCCO4)C3=O)CC2)s1. The minimum Gasteiger partial charge on any atom is -0.376 e. The molecule has 7 nitrogen and oxygen atoms in total. The van der Waals surface area contributed by atoms with Gasteiger partial charge in [-0.15, -0.1) is 11.3 Å². The fraction of sp³-hybridized carbons (Fsp3) is 0.542. The van der Waals surface area contributed by atoms with E-state index in [0.29, 0.717) is 18.8 Å². The molecule has 2 atom stereocenters. The first-order valence-corrected chi connectivity index (χ1v) is 12.3. The number of amides is 3. The van der Waals surface area contributed by atoms with Crippen molar-refractivity contribution >= 4 is 23.3 Å². The maximum Gasteiger partial charge on any atom is 0.325 e. The van der Waals surface area contributed by atoms with Gasteiger partial charge >= 0.3 is 6.03 Å². The van der Waals surface area contributed by atoms with E-state index >= 15 is 0 Å². The van der Waals surface area contributed by atoms with Crippen molar-refractivity contribution in [1.82, 2.24) is 20.1 Å². The first kappa shape index (κ1) is 21.6. The maximum absolute atomic E-state index is 13.8. The molecular weight excluding hydrogens is 424 g/mol. The lowest BCUT2D eigenvalue weighted by atomic mass is 9.75. The Labute approximate surface area is 192 Å². The van der Waals surface area contributed by atoms with Gasteiger partial charge in [0.05, 0.1) is 18.3 Å². The number of pyridine rings is 1. The fourth-order valence-corrected chi connectivity index (χ4v) is 6.26. The van der Waals surface area contributed by atoms with Crippen molar-refractivity contribution in [2.45, 2.75) is 50.8 Å². The predicted octanol–water partition coefficient (Wildman–Crippen LogP) is 3.29. The smallest absolute Gasteiger partial charge is 0.325 e. The molecule has 2 aromatic heterocycles. The van der Waals surface area contributed by atoms with Gasteiger partial charge in [-0.1, -0.05) is 6.07 Å². The van der Waals surface area contributed by atoms with Gasteiger partial charge in [0.25, 0.3) is 5.91 Å². The van der Waals surface area contributed by atoms with Crippen LogP contribution in [0.15, 0.2) is 36.5 Å². The summed E-state index contributed by atoms with van der Waals surface area (Å²) in [6.45, 7) is 5.87. The minimum atomic E-state index is -1.09. The van der Waals surface area contributed by atoms with Crippen molar-refractivity contribution < 1.29 is 14.3 Å². The molecule has 0 bridgehead atoms. The van der Waals surface area contributed by atoms with Crippen LogP contribution in [0.2, 0.25) is 0 Å². The van der Waals surface area contributed by atoms with Crippen LogP contribution in [0.3, 0.4) is 0 Å². The van der Waals surface area contributed by atoms with E-state index in [1.54, 1.807) is 6.20 Å². The second kappa shape index (κ2) is 8.92. The molecule has 3 fully saturated rings. The quantitative estimate of drug-likeness (QED) is 0.678. The van der Waals surface area contributed by atoms with Crippen LogP contribution in [0.4, 0.5) is 4.79 Å². The number of hydrogen-bond acceptors (Lipinski definition) is 6. The topological polar surface area (TPSA) is 74.8 Å². The van der Waals surface area contributed by atoms with Crippen LogP contribution in [0.25, 0.3) is 0 Å². The molecule has 2 aromatic rings. The Morgan fingerprint density at radius 1 is 1.19 bits per heavy atom. The lowest BCUT2D eigenvalue weighted by molar-refractivity contribution is -0.135. The summed E-state index contributed by atoms with van der Waals surface area (Å²) in [4.78, 5) is 37.9. The van der Waals surface area contributed by atoms with Crippen molar-refractivity contribution in [2.24, 2.45) is 5.92 Å². The number of likely N-dealkylation sites (tertiary alicyclic amines) is 1. The zero-order chi connectivity index (χ0) is 22.1. The summed E-state index contributed by atoms with van der Waals surface area (Å²) in [5.41, 5.74) is -0.455. The van der Waals surface area contributed by atoms with Crippen LogP contribution in [-0.2, 0) is 21.6 Å². The lowest BCUT2D eigenvalue weighted by Crippen LogP contribution is -2.54. The molecular formula is C24H30N4O3S. The zero-order valence-electron chi connectivity index (χ0n) is 18.5. The van der Waals surface area contributed by atoms with E-state index in [2.05, 4.69) is 34.3 Å². The van der Waals surface area contributed by atoms with E-state index in [-0.39, 0.29) is 24.0 Å². The average Bonchev–Trinajstić information content (AvgIpc) is 3.53. The van der Waals surface area contributed by atoms with Gasteiger partial charge in [-0.3, -0.25) is 19.6 Å². The highest BCUT2D eigenvalue weighted by atomic mass is 32.1. The van der Waals surface area contributed by atoms with Gasteiger partial charge in [0.15, 0.2) is 5.54 Å². The summed E-state index contributed by atoms with van der Waals surface area (Å²) in [6.07, 6.45) is 5.16. The summed E-state index contributed by atoms with van der Waals surface area (Å²) >= 11 is 1.84. The molecule has 0 radical (unpaired) electrons. The molecule has 2 unspecified atom stereocenters. The van der Waals surface area contributed by atoms with E-state index in [4.69, 9.17) is 4.74 Å². The molecule has 1 N–H and O–H groups in total. The van der Waals surface area contributed by atoms with Crippen LogP contribution < -0.4 is 5.32 Å². The van der Waals surface area contributed by atoms with Gasteiger partial charge in [-0.25, -0.2) is 4.79 Å². The molecule has 5 heterocycles. The Bertz CT molecular complexity index is 967. The van der Waals surface area contributed by atoms with E-state index in [1.807, 2.05) is 29.5 Å². The molecule has 0 aliphatic carbocycles. The van der Waals surface area contributed by atoms with Crippen LogP contribution in [-0.4, -0.2) is 59.1 Å². The van der Waals surface area contributed by atoms with Gasteiger partial charge in [-0.05, 0) is 75.9 Å². The number of nitrogens with zero attached hydrogens (tertiary/aromatic N) is 3. The van der Waals surface area contributed by atoms with Gasteiger partial charge in [0, 0.05) is 29.1 Å². The highest BCUT2D eigenvalue weighted by Gasteiger charge is 2.58. The number of aromatic nitrogens is 1. The number of imide groups is 1. The Morgan fingerprint density at radius 2 is 2.03 bits per heavy atom. The largest absolute Gasteiger partial charge is 0.376 e. The molecule has 3 aliphatic rings. The molecule has 170 valence electrons. The standard InChI is InChI=1S/C24H30N4O3S/c1-17-7-8-20(32-17)16-27-12-9-18(10-13-27)24(21-6-2-3-11-25-21)22(29)28(23(30)26-24)15-19-5-4-14-31-19/h2-3,6-8,11,18-19H,4-5,9-10,12-16H2,1H3,(H,26,30). The average molecular weight is 455 g/mol. The number of carbonyl (C=O) groups is 2. The van der Waals surface area contributed by atoms with Crippen LogP contribution in [0.5, 0.6) is 0 Å². The van der Waals surface area contributed by atoms with Crippen LogP contribution in [0.1, 0.15) is 41.1 Å². The van der Waals surface area contributed by atoms with Crippen molar-refractivity contribution in [2.75, 3.05) is 26.2 Å². The van der Waals surface area contributed by atoms with E-state index in [0.717, 1.165) is 45.3 Å². The normalized spacial score (nSPS) is 27.3. The number of aryl methyl sites for hydroxylation is 1. The van der Waals surface area contributed by atoms with Gasteiger partial charge < -0.3 is 10.1 Å². The van der Waals surface area contributed by atoms with Crippen molar-refractivity contribution in [3.63, 3.8) is 0 Å². The van der Waals surface area contributed by atoms with Crippen LogP contribution >= 0.6 is 11.3 Å². The Morgan fingerprint density at radius 3 is 2.69 bits per heavy atom. The summed E-state index contributed by atoms with van der Waals surface area (Å²) in [7, 11) is 0. The van der Waals surface area contributed by atoms with Gasteiger partial charge in [0.2, 0.25) is 0 Å². The fourth-order valence-electron chi connectivity index (χ4n) is 5.32. The van der Waals surface area contributed by atoms with E-state index in [1.165, 1.54) is 14.7 Å². The number of rotatable bonds is 6. The van der Waals surface area contributed by atoms with Gasteiger partial charge in [-0.2, -0.15) is 0 Å². The Kier molecular flexibility index (Phi) is 6.01. The maximum atomic E-state index is 13.8. The summed E-state index contributed by atoms with van der Waals surface area (Å²) < 4.78 is 5.71. The first-order chi connectivity index (χ1) is 15.6. The molecule has 3 aliphatic heterocycles. The summed E-state index contributed by atoms with van der Waals surface area (Å²) in [6, 6.07) is 9.64. The number of thiophene rings is 1. The van der Waals surface area contributed by atoms with Crippen molar-refractivity contribution in [1.29, 1.82) is 0 Å². The monoisotopic (exact) mass is 454 g/mol. The number of nitrogens with one attached hydrogen (secondary N) is 1. The van der Waals surface area contributed by atoms with E-state index in [9.17, 15) is 9.59 Å². The number of carbonyl (C=O) groups excluding carboxylic acids is 2. The zero-order valence-corrected chi connectivity index (χ0v) is 19.3. The second-order valence-corrected chi connectivity index (χ2v) is 10.4. The number of piperidine rings is 1. The van der Waals surface area contributed by atoms with Crippen LogP contribution in [0, 0.1) is 12.8 Å². The van der Waals surface area contributed by atoms with E-state index < -0.39 is 5.54 Å². The highest BCUT2D eigenvalue weighted by molar-refractivity contribution is 7.11. The molecule has 0 saturated carbocycles. The number of hydrogen-bond donors (Lipinski definition) is 1. The molecule has 0 aromatic carbocycles. The molecule has 8 heteroatoms. The Balaban J connectivity index is 1.36. The predicted molar refractivity (Wildman–Crippen MR) is 122 cm³/mol. The third-order valence-corrected chi connectivity index (χ3v) is 7.97. The minimum absolute atomic E-state index is 0.00432. The first-order valence-electron chi connectivity index (χ1n) is 11.5. The summed E-state index contributed by atoms with van der Waals surface area (Å²) in [5.74, 6) is -0.173. The molecule has 3 saturated heterocycles. The second-order valence-electron chi connectivity index (χ2n) is 9.07. The molecule has 32 heavy (non-hydrogen) atoms. The third-order valence-electron chi connectivity index (χ3n) is 6.99. The van der Waals surface area contributed by atoms with Crippen molar-refractivity contribution in [3.8, 4) is 0 Å². The van der Waals surface area contributed by atoms with Crippen molar-refractivity contribution in [3.05, 3.63) is 52.0 Å². The third kappa shape index (κ3) is 3.95.